The van der Waals surface area contributed by atoms with Gasteiger partial charge in [0.2, 0.25) is 0 Å². The minimum atomic E-state index is 0.439. The number of nitrogens with one attached hydrogen (secondary N) is 1. The molecule has 2 heterocycles. The van der Waals surface area contributed by atoms with Crippen LogP contribution in [0.2, 0.25) is 0 Å². The zero-order chi connectivity index (χ0) is 13.7. The molecule has 1 aliphatic rings. The number of amidine groups is 1. The Hall–Kier alpha value is -0.480. The van der Waals surface area contributed by atoms with Gasteiger partial charge in [0.1, 0.15) is 0 Å². The summed E-state index contributed by atoms with van der Waals surface area (Å²) in [5, 5.41) is 4.61. The molecule has 0 bridgehead atoms. The van der Waals surface area contributed by atoms with Crippen LogP contribution >= 0.6 is 23.1 Å². The summed E-state index contributed by atoms with van der Waals surface area (Å²) < 4.78 is 0. The largest absolute Gasteiger partial charge is 0.360 e. The molecule has 2 nitrogen and oxygen atoms in total. The molecule has 0 saturated heterocycles. The summed E-state index contributed by atoms with van der Waals surface area (Å²) in [6, 6.07) is 4.46. The Kier molecular flexibility index (Phi) is 5.34. The average molecular weight is 297 g/mol. The Labute approximate surface area is 125 Å². The maximum absolute atomic E-state index is 4.74. The number of rotatable bonds is 5. The fraction of sp³-hybridized carbons (Fsp3) is 0.667. The highest BCUT2D eigenvalue weighted by molar-refractivity contribution is 8.13. The Balaban J connectivity index is 1.86. The first-order valence-corrected chi connectivity index (χ1v) is 9.00. The van der Waals surface area contributed by atoms with Crippen molar-refractivity contribution in [3.05, 3.63) is 21.9 Å². The van der Waals surface area contributed by atoms with Crippen molar-refractivity contribution in [1.82, 2.24) is 5.32 Å². The van der Waals surface area contributed by atoms with Gasteiger partial charge in [-0.25, -0.2) is 0 Å². The summed E-state index contributed by atoms with van der Waals surface area (Å²) in [6.07, 6.45) is 3.60. The monoisotopic (exact) mass is 296 g/mol. The second kappa shape index (κ2) is 6.80. The number of hydrogen-bond acceptors (Lipinski definition) is 4. The molecule has 1 aliphatic heterocycles. The molecule has 19 heavy (non-hydrogen) atoms. The van der Waals surface area contributed by atoms with Crippen LogP contribution in [0.4, 0.5) is 0 Å². The molecule has 106 valence electrons. The molecule has 1 N–H and O–H groups in total. The van der Waals surface area contributed by atoms with Crippen molar-refractivity contribution < 1.29 is 0 Å². The number of hydrogen-bond donors (Lipinski definition) is 1. The quantitative estimate of drug-likeness (QED) is 0.875. The maximum atomic E-state index is 4.74. The van der Waals surface area contributed by atoms with E-state index < -0.39 is 0 Å². The second-order valence-corrected chi connectivity index (χ2v) is 7.41. The Morgan fingerprint density at radius 1 is 1.21 bits per heavy atom. The summed E-state index contributed by atoms with van der Waals surface area (Å²) in [5.74, 6) is 1.20. The van der Waals surface area contributed by atoms with Crippen molar-refractivity contribution in [3.63, 3.8) is 0 Å². The highest BCUT2D eigenvalue weighted by Crippen LogP contribution is 2.34. The van der Waals surface area contributed by atoms with Gasteiger partial charge in [-0.15, -0.1) is 11.3 Å². The van der Waals surface area contributed by atoms with E-state index in [1.54, 1.807) is 0 Å². The Morgan fingerprint density at radius 3 is 2.47 bits per heavy atom. The zero-order valence-corrected chi connectivity index (χ0v) is 13.8. The van der Waals surface area contributed by atoms with Crippen LogP contribution in [0, 0.1) is 5.41 Å². The van der Waals surface area contributed by atoms with Gasteiger partial charge in [-0.1, -0.05) is 32.5 Å². The molecule has 2 rings (SSSR count). The van der Waals surface area contributed by atoms with Gasteiger partial charge in [0, 0.05) is 22.1 Å². The molecule has 1 aromatic heterocycles. The van der Waals surface area contributed by atoms with Crippen LogP contribution in [0.15, 0.2) is 17.1 Å². The van der Waals surface area contributed by atoms with Gasteiger partial charge in [-0.05, 0) is 36.8 Å². The van der Waals surface area contributed by atoms with Crippen molar-refractivity contribution >= 4 is 28.3 Å². The highest BCUT2D eigenvalue weighted by atomic mass is 32.2. The van der Waals surface area contributed by atoms with E-state index >= 15 is 0 Å². The van der Waals surface area contributed by atoms with Gasteiger partial charge >= 0.3 is 0 Å². The van der Waals surface area contributed by atoms with Crippen LogP contribution in [0.3, 0.4) is 0 Å². The highest BCUT2D eigenvalue weighted by Gasteiger charge is 2.29. The van der Waals surface area contributed by atoms with Crippen molar-refractivity contribution in [2.24, 2.45) is 10.4 Å². The number of aliphatic imine (C=N–C) groups is 1. The molecule has 0 aromatic carbocycles. The van der Waals surface area contributed by atoms with E-state index in [2.05, 4.69) is 38.2 Å². The van der Waals surface area contributed by atoms with Gasteiger partial charge in [0.15, 0.2) is 5.17 Å². The first-order valence-electron chi connectivity index (χ1n) is 7.20. The molecule has 0 spiro atoms. The summed E-state index contributed by atoms with van der Waals surface area (Å²) >= 11 is 3.80. The maximum Gasteiger partial charge on any atom is 0.156 e. The fourth-order valence-corrected chi connectivity index (χ4v) is 4.38. The summed E-state index contributed by atoms with van der Waals surface area (Å²) in [6.45, 7) is 8.69. The van der Waals surface area contributed by atoms with Crippen molar-refractivity contribution in [1.29, 1.82) is 0 Å². The van der Waals surface area contributed by atoms with Crippen LogP contribution in [-0.2, 0) is 13.0 Å². The summed E-state index contributed by atoms with van der Waals surface area (Å²) in [4.78, 5) is 7.61. The predicted molar refractivity (Wildman–Crippen MR) is 88.3 cm³/mol. The lowest BCUT2D eigenvalue weighted by Crippen LogP contribution is -2.34. The number of aryl methyl sites for hydroxylation is 1. The van der Waals surface area contributed by atoms with E-state index in [0.717, 1.165) is 24.7 Å². The summed E-state index contributed by atoms with van der Waals surface area (Å²) in [5.41, 5.74) is 0.439. The van der Waals surface area contributed by atoms with Gasteiger partial charge in [0.05, 0.1) is 6.54 Å². The van der Waals surface area contributed by atoms with E-state index in [4.69, 9.17) is 4.99 Å². The lowest BCUT2D eigenvalue weighted by Gasteiger charge is -2.33. The lowest BCUT2D eigenvalue weighted by molar-refractivity contribution is 0.318. The smallest absolute Gasteiger partial charge is 0.156 e. The normalized spacial score (nSPS) is 18.2. The first kappa shape index (κ1) is 14.9. The Bertz CT molecular complexity index is 433. The van der Waals surface area contributed by atoms with Crippen LogP contribution in [-0.4, -0.2) is 17.5 Å². The third-order valence-corrected chi connectivity index (χ3v) is 6.59. The van der Waals surface area contributed by atoms with E-state index in [0.29, 0.717) is 5.41 Å². The topological polar surface area (TPSA) is 24.4 Å². The molecule has 0 aliphatic carbocycles. The van der Waals surface area contributed by atoms with Crippen molar-refractivity contribution in [2.75, 3.05) is 12.3 Å². The minimum absolute atomic E-state index is 0.439. The SMILES string of the molecule is CCc1ccc(CNC2=NCC(CC)(CC)CS2)s1. The van der Waals surface area contributed by atoms with Crippen LogP contribution in [0.5, 0.6) is 0 Å². The molecular weight excluding hydrogens is 272 g/mol. The third-order valence-electron chi connectivity index (χ3n) is 4.05. The van der Waals surface area contributed by atoms with Crippen LogP contribution < -0.4 is 5.32 Å². The summed E-state index contributed by atoms with van der Waals surface area (Å²) in [7, 11) is 0. The molecule has 0 amide bonds. The zero-order valence-electron chi connectivity index (χ0n) is 12.2. The molecule has 1 aromatic rings. The van der Waals surface area contributed by atoms with Gasteiger partial charge < -0.3 is 5.32 Å². The standard InChI is InChI=1S/C15H24N2S2/c1-4-12-7-8-13(19-12)9-16-14-17-10-15(5-2,6-3)11-18-14/h7-8H,4-6,9-11H2,1-3H3,(H,16,17). The van der Waals surface area contributed by atoms with E-state index in [-0.39, 0.29) is 0 Å². The van der Waals surface area contributed by atoms with E-state index in [1.807, 2.05) is 23.1 Å². The second-order valence-electron chi connectivity index (χ2n) is 5.19. The van der Waals surface area contributed by atoms with Gasteiger partial charge in [0.25, 0.3) is 0 Å². The molecule has 4 heteroatoms. The molecule has 0 fully saturated rings. The molecular formula is C15H24N2S2. The average Bonchev–Trinajstić information content (AvgIpc) is 2.94. The number of thioether (sulfide) groups is 1. The predicted octanol–water partition coefficient (Wildman–Crippen LogP) is 4.31. The fourth-order valence-electron chi connectivity index (χ4n) is 2.21. The third kappa shape index (κ3) is 3.76. The minimum Gasteiger partial charge on any atom is -0.360 e. The Morgan fingerprint density at radius 2 is 1.95 bits per heavy atom. The molecule has 0 saturated carbocycles. The van der Waals surface area contributed by atoms with Gasteiger partial charge in [-0.3, -0.25) is 4.99 Å². The van der Waals surface area contributed by atoms with Crippen molar-refractivity contribution in [3.8, 4) is 0 Å². The molecule has 0 radical (unpaired) electrons. The van der Waals surface area contributed by atoms with Crippen molar-refractivity contribution in [2.45, 2.75) is 46.6 Å². The molecule has 0 atom stereocenters. The number of nitrogens with zero attached hydrogens (tertiary/aromatic N) is 1. The molecule has 0 unspecified atom stereocenters. The van der Waals surface area contributed by atoms with Crippen LogP contribution in [0.1, 0.15) is 43.4 Å². The van der Waals surface area contributed by atoms with Gasteiger partial charge in [-0.2, -0.15) is 0 Å². The van der Waals surface area contributed by atoms with E-state index in [9.17, 15) is 0 Å². The first-order chi connectivity index (χ1) is 9.21. The number of thiophene rings is 1. The lowest BCUT2D eigenvalue weighted by atomic mass is 9.84. The van der Waals surface area contributed by atoms with Crippen LogP contribution in [0.25, 0.3) is 0 Å². The van der Waals surface area contributed by atoms with E-state index in [1.165, 1.54) is 28.3 Å².